The molecule has 1 unspecified atom stereocenters. The molecule has 1 amide bonds. The van der Waals surface area contributed by atoms with Crippen LogP contribution in [-0.2, 0) is 4.79 Å². The van der Waals surface area contributed by atoms with Gasteiger partial charge >= 0.3 is 0 Å². The molecule has 1 aromatic heterocycles. The quantitative estimate of drug-likeness (QED) is 0.798. The molecule has 0 bridgehead atoms. The lowest BCUT2D eigenvalue weighted by Crippen LogP contribution is -2.41. The molecular weight excluding hydrogens is 278 g/mol. The zero-order chi connectivity index (χ0) is 14.8. The summed E-state index contributed by atoms with van der Waals surface area (Å²) in [7, 11) is 0. The third-order valence-electron chi connectivity index (χ3n) is 3.41. The molecule has 2 heterocycles. The third-order valence-corrected chi connectivity index (χ3v) is 4.07. The van der Waals surface area contributed by atoms with E-state index in [4.69, 9.17) is 16.3 Å². The Morgan fingerprint density at radius 2 is 2.25 bits per heavy atom. The van der Waals surface area contributed by atoms with Gasteiger partial charge in [0.1, 0.15) is 6.10 Å². The Bertz CT molecular complexity index is 476. The van der Waals surface area contributed by atoms with Crippen molar-refractivity contribution in [1.29, 1.82) is 0 Å². The van der Waals surface area contributed by atoms with Crippen molar-refractivity contribution in [3.63, 3.8) is 0 Å². The van der Waals surface area contributed by atoms with Crippen LogP contribution in [0.1, 0.15) is 26.0 Å². The number of hydrogen-bond donors (Lipinski definition) is 0. The number of alkyl halides is 1. The first-order chi connectivity index (χ1) is 9.42. The van der Waals surface area contributed by atoms with Gasteiger partial charge in [-0.3, -0.25) is 4.79 Å². The van der Waals surface area contributed by atoms with E-state index in [0.717, 1.165) is 12.1 Å². The van der Waals surface area contributed by atoms with Gasteiger partial charge in [-0.1, -0.05) is 0 Å². The lowest BCUT2D eigenvalue weighted by Gasteiger charge is -2.27. The van der Waals surface area contributed by atoms with E-state index in [2.05, 4.69) is 10.2 Å². The molecule has 5 nitrogen and oxygen atoms in total. The van der Waals surface area contributed by atoms with Crippen molar-refractivity contribution < 1.29 is 9.53 Å². The summed E-state index contributed by atoms with van der Waals surface area (Å²) in [5.74, 6) is 0.900. The van der Waals surface area contributed by atoms with Gasteiger partial charge < -0.3 is 9.64 Å². The average Bonchev–Trinajstić information content (AvgIpc) is 2.89. The fourth-order valence-corrected chi connectivity index (χ4v) is 2.23. The van der Waals surface area contributed by atoms with Crippen LogP contribution in [0.2, 0.25) is 0 Å². The SMILES string of the molecule is Cc1ccc(OC2CCN(C(=O)C(C)(C)CCl)C2)nn1. The second-order valence-electron chi connectivity index (χ2n) is 5.81. The third kappa shape index (κ3) is 3.39. The van der Waals surface area contributed by atoms with E-state index in [9.17, 15) is 4.79 Å². The van der Waals surface area contributed by atoms with Crippen molar-refractivity contribution in [3.05, 3.63) is 17.8 Å². The summed E-state index contributed by atoms with van der Waals surface area (Å²) in [5, 5.41) is 7.93. The lowest BCUT2D eigenvalue weighted by atomic mass is 9.94. The van der Waals surface area contributed by atoms with Crippen LogP contribution in [0.3, 0.4) is 0 Å². The number of carbonyl (C=O) groups excluding carboxylic acids is 1. The summed E-state index contributed by atoms with van der Waals surface area (Å²) in [5.41, 5.74) is 0.324. The van der Waals surface area contributed by atoms with Gasteiger partial charge in [0.2, 0.25) is 11.8 Å². The number of nitrogens with zero attached hydrogens (tertiary/aromatic N) is 3. The number of aromatic nitrogens is 2. The number of halogens is 1. The molecule has 1 aliphatic heterocycles. The molecular formula is C14H20ClN3O2. The van der Waals surface area contributed by atoms with Crippen molar-refractivity contribution in [3.8, 4) is 5.88 Å². The monoisotopic (exact) mass is 297 g/mol. The Balaban J connectivity index is 1.92. The smallest absolute Gasteiger partial charge is 0.233 e. The molecule has 1 aromatic rings. The van der Waals surface area contributed by atoms with E-state index in [1.165, 1.54) is 0 Å². The zero-order valence-corrected chi connectivity index (χ0v) is 12.9. The minimum atomic E-state index is -0.528. The van der Waals surface area contributed by atoms with Gasteiger partial charge in [-0.2, -0.15) is 5.10 Å². The van der Waals surface area contributed by atoms with E-state index in [0.29, 0.717) is 24.8 Å². The van der Waals surface area contributed by atoms with E-state index in [-0.39, 0.29) is 12.0 Å². The van der Waals surface area contributed by atoms with E-state index in [1.807, 2.05) is 31.7 Å². The van der Waals surface area contributed by atoms with Crippen molar-refractivity contribution in [1.82, 2.24) is 15.1 Å². The normalized spacial score (nSPS) is 19.2. The molecule has 0 spiro atoms. The fraction of sp³-hybridized carbons (Fsp3) is 0.643. The summed E-state index contributed by atoms with van der Waals surface area (Å²) < 4.78 is 5.76. The van der Waals surface area contributed by atoms with E-state index >= 15 is 0 Å². The van der Waals surface area contributed by atoms with Gasteiger partial charge in [-0.15, -0.1) is 16.7 Å². The highest BCUT2D eigenvalue weighted by Gasteiger charge is 2.36. The molecule has 0 aromatic carbocycles. The van der Waals surface area contributed by atoms with E-state index < -0.39 is 5.41 Å². The average molecular weight is 298 g/mol. The predicted molar refractivity (Wildman–Crippen MR) is 76.9 cm³/mol. The van der Waals surface area contributed by atoms with Gasteiger partial charge in [0, 0.05) is 24.9 Å². The van der Waals surface area contributed by atoms with E-state index in [1.54, 1.807) is 6.07 Å². The summed E-state index contributed by atoms with van der Waals surface area (Å²) in [6, 6.07) is 3.66. The molecule has 0 radical (unpaired) electrons. The highest BCUT2D eigenvalue weighted by molar-refractivity contribution is 6.19. The number of rotatable bonds is 4. The van der Waals surface area contributed by atoms with Gasteiger partial charge in [0.25, 0.3) is 0 Å². The Morgan fingerprint density at radius 1 is 1.50 bits per heavy atom. The minimum Gasteiger partial charge on any atom is -0.471 e. The largest absolute Gasteiger partial charge is 0.471 e. The van der Waals surface area contributed by atoms with Crippen LogP contribution >= 0.6 is 11.6 Å². The first-order valence-corrected chi connectivity index (χ1v) is 7.28. The van der Waals surface area contributed by atoms with Crippen molar-refractivity contribution in [2.45, 2.75) is 33.3 Å². The number of aryl methyl sites for hydroxylation is 1. The molecule has 0 N–H and O–H groups in total. The Hall–Kier alpha value is -1.36. The minimum absolute atomic E-state index is 0.0259. The van der Waals surface area contributed by atoms with Crippen LogP contribution < -0.4 is 4.74 Å². The lowest BCUT2D eigenvalue weighted by molar-refractivity contribution is -0.138. The number of amides is 1. The maximum atomic E-state index is 12.3. The molecule has 1 atom stereocenters. The Morgan fingerprint density at radius 3 is 2.85 bits per heavy atom. The summed E-state index contributed by atoms with van der Waals surface area (Å²) in [4.78, 5) is 14.1. The highest BCUT2D eigenvalue weighted by Crippen LogP contribution is 2.24. The maximum Gasteiger partial charge on any atom is 0.233 e. The molecule has 20 heavy (non-hydrogen) atoms. The van der Waals surface area contributed by atoms with Crippen molar-refractivity contribution >= 4 is 17.5 Å². The van der Waals surface area contributed by atoms with Crippen LogP contribution in [0, 0.1) is 12.3 Å². The van der Waals surface area contributed by atoms with Crippen LogP contribution in [0.25, 0.3) is 0 Å². The van der Waals surface area contributed by atoms with Gasteiger partial charge in [0.05, 0.1) is 17.7 Å². The number of likely N-dealkylation sites (tertiary alicyclic amines) is 1. The topological polar surface area (TPSA) is 55.3 Å². The van der Waals surface area contributed by atoms with Gasteiger partial charge in [-0.25, -0.2) is 0 Å². The van der Waals surface area contributed by atoms with Crippen LogP contribution in [0.4, 0.5) is 0 Å². The molecule has 0 aliphatic carbocycles. The van der Waals surface area contributed by atoms with Crippen molar-refractivity contribution in [2.24, 2.45) is 5.41 Å². The number of ether oxygens (including phenoxy) is 1. The first kappa shape index (κ1) is 15.0. The van der Waals surface area contributed by atoms with Crippen molar-refractivity contribution in [2.75, 3.05) is 19.0 Å². The van der Waals surface area contributed by atoms with Gasteiger partial charge in [-0.05, 0) is 26.8 Å². The molecule has 1 fully saturated rings. The predicted octanol–water partition coefficient (Wildman–Crippen LogP) is 2.03. The Kier molecular flexibility index (Phi) is 4.48. The number of carbonyl (C=O) groups is 1. The molecule has 1 aliphatic rings. The molecule has 2 rings (SSSR count). The molecule has 1 saturated heterocycles. The molecule has 0 saturated carbocycles. The fourth-order valence-electron chi connectivity index (χ4n) is 2.11. The first-order valence-electron chi connectivity index (χ1n) is 6.75. The second-order valence-corrected chi connectivity index (χ2v) is 6.08. The Labute approximate surface area is 124 Å². The number of hydrogen-bond acceptors (Lipinski definition) is 4. The van der Waals surface area contributed by atoms with Gasteiger partial charge in [0.15, 0.2) is 0 Å². The van der Waals surface area contributed by atoms with Crippen LogP contribution in [0.15, 0.2) is 12.1 Å². The zero-order valence-electron chi connectivity index (χ0n) is 12.1. The van der Waals surface area contributed by atoms with Crippen LogP contribution in [0.5, 0.6) is 5.88 Å². The maximum absolute atomic E-state index is 12.3. The summed E-state index contributed by atoms with van der Waals surface area (Å²) in [6.07, 6.45) is 0.779. The van der Waals surface area contributed by atoms with Crippen LogP contribution in [-0.4, -0.2) is 46.1 Å². The standard InChI is InChI=1S/C14H20ClN3O2/c1-10-4-5-12(17-16-10)20-11-6-7-18(8-11)13(19)14(2,3)9-15/h4-5,11H,6-9H2,1-3H3. The molecule has 110 valence electrons. The second kappa shape index (κ2) is 5.95. The summed E-state index contributed by atoms with van der Waals surface area (Å²) >= 11 is 5.85. The highest BCUT2D eigenvalue weighted by atomic mass is 35.5. The summed E-state index contributed by atoms with van der Waals surface area (Å²) in [6.45, 7) is 6.88. The molecule has 6 heteroatoms.